The Morgan fingerprint density at radius 1 is 1.03 bits per heavy atom. The minimum absolute atomic E-state index is 0.000615. The Bertz CT molecular complexity index is 874. The number of ether oxygens (including phenoxy) is 1. The zero-order valence-corrected chi connectivity index (χ0v) is 20.0. The quantitative estimate of drug-likeness (QED) is 0.542. The lowest BCUT2D eigenvalue weighted by Gasteiger charge is -2.41. The van der Waals surface area contributed by atoms with E-state index < -0.39 is 46.9 Å². The minimum Gasteiger partial charge on any atom is -0.389 e. The van der Waals surface area contributed by atoms with Gasteiger partial charge < -0.3 is 20.1 Å². The second-order valence-corrected chi connectivity index (χ2v) is 10.1. The zero-order valence-electron chi connectivity index (χ0n) is 20.0. The van der Waals surface area contributed by atoms with Crippen molar-refractivity contribution in [2.45, 2.75) is 82.5 Å². The van der Waals surface area contributed by atoms with E-state index in [0.717, 1.165) is 12.8 Å². The molecule has 1 saturated heterocycles. The van der Waals surface area contributed by atoms with E-state index in [1.807, 2.05) is 7.05 Å². The van der Waals surface area contributed by atoms with Gasteiger partial charge in [0.05, 0.1) is 22.1 Å². The van der Waals surface area contributed by atoms with Crippen LogP contribution in [0.5, 0.6) is 0 Å². The largest absolute Gasteiger partial charge is 0.416 e. The number of carbonyl (C=O) groups is 1. The molecule has 0 aromatic heterocycles. The summed E-state index contributed by atoms with van der Waals surface area (Å²) in [6.07, 6.45) is -6.93. The molecule has 198 valence electrons. The molecule has 11 heteroatoms. The van der Waals surface area contributed by atoms with Gasteiger partial charge in [0.1, 0.15) is 0 Å². The molecular formula is C24H32F6N2O3. The normalized spacial score (nSPS) is 24.7. The van der Waals surface area contributed by atoms with Crippen LogP contribution in [0.15, 0.2) is 18.2 Å². The average Bonchev–Trinajstić information content (AvgIpc) is 3.23. The monoisotopic (exact) mass is 510 g/mol. The first-order valence-corrected chi connectivity index (χ1v) is 11.6. The maximum atomic E-state index is 13.3. The van der Waals surface area contributed by atoms with Crippen LogP contribution >= 0.6 is 0 Å². The second kappa shape index (κ2) is 9.89. The highest BCUT2D eigenvalue weighted by molar-refractivity contribution is 5.84. The summed E-state index contributed by atoms with van der Waals surface area (Å²) in [6, 6.07) is 1.53. The van der Waals surface area contributed by atoms with Gasteiger partial charge in [-0.2, -0.15) is 26.3 Å². The lowest BCUT2D eigenvalue weighted by molar-refractivity contribution is -0.147. The summed E-state index contributed by atoms with van der Waals surface area (Å²) >= 11 is 0. The third kappa shape index (κ3) is 6.11. The van der Waals surface area contributed by atoms with Crippen molar-refractivity contribution in [2.75, 3.05) is 20.3 Å². The van der Waals surface area contributed by atoms with Crippen LogP contribution in [-0.2, 0) is 28.4 Å². The van der Waals surface area contributed by atoms with Crippen LogP contribution in [0, 0.1) is 5.41 Å². The molecule has 1 aromatic carbocycles. The maximum absolute atomic E-state index is 13.3. The van der Waals surface area contributed by atoms with Crippen LogP contribution in [0.4, 0.5) is 26.3 Å². The number of amides is 1. The Morgan fingerprint density at radius 3 is 2.06 bits per heavy atom. The number of rotatable bonds is 6. The molecule has 2 atom stereocenters. The van der Waals surface area contributed by atoms with Crippen LogP contribution in [0.1, 0.15) is 62.6 Å². The number of nitrogens with zero attached hydrogens (tertiary/aromatic N) is 1. The van der Waals surface area contributed by atoms with Crippen molar-refractivity contribution in [2.24, 2.45) is 5.41 Å². The Hall–Kier alpha value is -1.85. The predicted molar refractivity (Wildman–Crippen MR) is 116 cm³/mol. The van der Waals surface area contributed by atoms with E-state index in [2.05, 4.69) is 10.2 Å². The van der Waals surface area contributed by atoms with Crippen molar-refractivity contribution in [3.05, 3.63) is 34.9 Å². The summed E-state index contributed by atoms with van der Waals surface area (Å²) < 4.78 is 84.4. The summed E-state index contributed by atoms with van der Waals surface area (Å²) in [6.45, 7) is 3.79. The van der Waals surface area contributed by atoms with Crippen LogP contribution in [0.25, 0.3) is 0 Å². The van der Waals surface area contributed by atoms with Gasteiger partial charge in [-0.1, -0.05) is 0 Å². The minimum atomic E-state index is -4.97. The van der Waals surface area contributed by atoms with E-state index in [-0.39, 0.29) is 23.7 Å². The molecule has 1 saturated carbocycles. The SMILES string of the molecule is CN(C1CCOCC1)[C@@H]1CC[C@@](C(=O)NCc2cc(C(F)(F)F)cc(C(F)(F)F)c2)(C(C)(C)O)C1. The number of carbonyl (C=O) groups excluding carboxylic acids is 1. The van der Waals surface area contributed by atoms with Crippen molar-refractivity contribution < 1.29 is 41.0 Å². The molecule has 5 nitrogen and oxygen atoms in total. The van der Waals surface area contributed by atoms with E-state index in [4.69, 9.17) is 4.74 Å². The van der Waals surface area contributed by atoms with Crippen molar-refractivity contribution in [3.8, 4) is 0 Å². The standard InChI is InChI=1S/C24H32F6N2O3/c1-21(2,34)22(7-4-19(13-22)32(3)18-5-8-35-9-6-18)20(33)31-14-15-10-16(23(25,26)27)12-17(11-15)24(28,29)30/h10-12,18-19,34H,4-9,13-14H2,1-3H3,(H,31,33)/t19-,22-/m1/s1. The van der Waals surface area contributed by atoms with Crippen LogP contribution in [0.2, 0.25) is 0 Å². The van der Waals surface area contributed by atoms with Crippen LogP contribution in [-0.4, -0.2) is 53.9 Å². The molecule has 35 heavy (non-hydrogen) atoms. The molecular weight excluding hydrogens is 478 g/mol. The summed E-state index contributed by atoms with van der Waals surface area (Å²) in [5, 5.41) is 13.5. The van der Waals surface area contributed by atoms with E-state index >= 15 is 0 Å². The first-order chi connectivity index (χ1) is 16.0. The lowest BCUT2D eigenvalue weighted by atomic mass is 9.71. The molecule has 0 spiro atoms. The molecule has 1 aliphatic heterocycles. The fraction of sp³-hybridized carbons (Fsp3) is 0.708. The third-order valence-electron chi connectivity index (χ3n) is 7.54. The molecule has 2 fully saturated rings. The molecule has 1 amide bonds. The maximum Gasteiger partial charge on any atom is 0.416 e. The first-order valence-electron chi connectivity index (χ1n) is 11.6. The van der Waals surface area contributed by atoms with Gasteiger partial charge in [-0.15, -0.1) is 0 Å². The Kier molecular flexibility index (Phi) is 7.84. The summed E-state index contributed by atoms with van der Waals surface area (Å²) in [4.78, 5) is 15.5. The van der Waals surface area contributed by atoms with Gasteiger partial charge in [-0.25, -0.2) is 0 Å². The molecule has 2 aliphatic rings. The third-order valence-corrected chi connectivity index (χ3v) is 7.54. The first kappa shape index (κ1) is 27.7. The Morgan fingerprint density at radius 2 is 1.57 bits per heavy atom. The van der Waals surface area contributed by atoms with Gasteiger partial charge in [0.2, 0.25) is 5.91 Å². The molecule has 0 radical (unpaired) electrons. The molecule has 3 rings (SSSR count). The Labute approximate surface area is 200 Å². The lowest BCUT2D eigenvalue weighted by Crippen LogP contribution is -2.53. The highest BCUT2D eigenvalue weighted by Gasteiger charge is 2.55. The van der Waals surface area contributed by atoms with E-state index in [9.17, 15) is 36.2 Å². The van der Waals surface area contributed by atoms with E-state index in [1.165, 1.54) is 13.8 Å². The second-order valence-electron chi connectivity index (χ2n) is 10.1. The highest BCUT2D eigenvalue weighted by atomic mass is 19.4. The number of nitrogens with one attached hydrogen (secondary N) is 1. The smallest absolute Gasteiger partial charge is 0.389 e. The topological polar surface area (TPSA) is 61.8 Å². The Balaban J connectivity index is 1.79. The van der Waals surface area contributed by atoms with Gasteiger partial charge in [0.15, 0.2) is 0 Å². The van der Waals surface area contributed by atoms with Crippen molar-refractivity contribution >= 4 is 5.91 Å². The number of hydrogen-bond acceptors (Lipinski definition) is 4. The van der Waals surface area contributed by atoms with Gasteiger partial charge in [0.25, 0.3) is 0 Å². The molecule has 1 aromatic rings. The van der Waals surface area contributed by atoms with Gasteiger partial charge in [-0.3, -0.25) is 4.79 Å². The summed E-state index contributed by atoms with van der Waals surface area (Å²) in [5.41, 5.74) is -5.88. The fourth-order valence-corrected chi connectivity index (χ4v) is 5.27. The molecule has 0 bridgehead atoms. The highest BCUT2D eigenvalue weighted by Crippen LogP contribution is 2.48. The number of hydrogen-bond donors (Lipinski definition) is 2. The number of benzene rings is 1. The average molecular weight is 511 g/mol. The van der Waals surface area contributed by atoms with Gasteiger partial charge in [-0.05, 0) is 76.8 Å². The van der Waals surface area contributed by atoms with E-state index in [0.29, 0.717) is 44.6 Å². The fourth-order valence-electron chi connectivity index (χ4n) is 5.27. The summed E-state index contributed by atoms with van der Waals surface area (Å²) in [5.74, 6) is -0.584. The van der Waals surface area contributed by atoms with Crippen molar-refractivity contribution in [1.29, 1.82) is 0 Å². The molecule has 1 aliphatic carbocycles. The van der Waals surface area contributed by atoms with Gasteiger partial charge in [0, 0.05) is 31.8 Å². The van der Waals surface area contributed by atoms with Crippen molar-refractivity contribution in [3.63, 3.8) is 0 Å². The van der Waals surface area contributed by atoms with Crippen molar-refractivity contribution in [1.82, 2.24) is 10.2 Å². The zero-order chi connectivity index (χ0) is 26.2. The van der Waals surface area contributed by atoms with Crippen LogP contribution < -0.4 is 5.32 Å². The number of halogens is 6. The number of aliphatic hydroxyl groups is 1. The van der Waals surface area contributed by atoms with Gasteiger partial charge >= 0.3 is 12.4 Å². The molecule has 1 heterocycles. The molecule has 0 unspecified atom stereocenters. The summed E-state index contributed by atoms with van der Waals surface area (Å²) in [7, 11) is 1.97. The predicted octanol–water partition coefficient (Wildman–Crippen LogP) is 4.76. The molecule has 2 N–H and O–H groups in total. The number of alkyl halides is 6. The van der Waals surface area contributed by atoms with Crippen LogP contribution in [0.3, 0.4) is 0 Å². The van der Waals surface area contributed by atoms with E-state index in [1.54, 1.807) is 0 Å².